The van der Waals surface area contributed by atoms with E-state index in [1.54, 1.807) is 6.92 Å². The molecule has 0 heterocycles. The van der Waals surface area contributed by atoms with E-state index in [-0.39, 0.29) is 22.1 Å². The zero-order chi connectivity index (χ0) is 11.8. The second kappa shape index (κ2) is 7.67. The first-order valence-corrected chi connectivity index (χ1v) is 6.23. The molecule has 4 nitrogen and oxygen atoms in total. The fourth-order valence-corrected chi connectivity index (χ4v) is 1.22. The quantitative estimate of drug-likeness (QED) is 0.364. The van der Waals surface area contributed by atoms with Gasteiger partial charge in [-0.3, -0.25) is 4.79 Å². The van der Waals surface area contributed by atoms with Gasteiger partial charge in [-0.15, -0.1) is 0 Å². The van der Waals surface area contributed by atoms with E-state index in [0.29, 0.717) is 6.42 Å². The molecular formula is C10H16INO3. The Morgan fingerprint density at radius 1 is 1.47 bits per heavy atom. The maximum absolute atomic E-state index is 11.4. The van der Waals surface area contributed by atoms with Crippen LogP contribution >= 0.6 is 22.6 Å². The van der Waals surface area contributed by atoms with E-state index >= 15 is 0 Å². The van der Waals surface area contributed by atoms with Crippen LogP contribution in [0.4, 0.5) is 0 Å². The van der Waals surface area contributed by atoms with E-state index in [0.717, 1.165) is 0 Å². The number of allylic oxidation sites excluding steroid dienone is 1. The van der Waals surface area contributed by atoms with Gasteiger partial charge in [0.25, 0.3) is 0 Å². The topological polar surface area (TPSA) is 55.4 Å². The summed E-state index contributed by atoms with van der Waals surface area (Å²) >= 11 is 1.92. The average Bonchev–Trinajstić information content (AvgIpc) is 2.13. The molecule has 0 unspecified atom stereocenters. The third kappa shape index (κ3) is 6.48. The third-order valence-electron chi connectivity index (χ3n) is 1.56. The lowest BCUT2D eigenvalue weighted by Crippen LogP contribution is -2.29. The number of carbonyl (C=O) groups is 2. The highest BCUT2D eigenvalue weighted by Crippen LogP contribution is 2.02. The molecule has 1 amide bonds. The maximum atomic E-state index is 11.4. The van der Waals surface area contributed by atoms with Crippen molar-refractivity contribution in [1.82, 2.24) is 5.32 Å². The van der Waals surface area contributed by atoms with E-state index in [9.17, 15) is 9.59 Å². The number of esters is 1. The van der Waals surface area contributed by atoms with Gasteiger partial charge in [0.15, 0.2) is 0 Å². The summed E-state index contributed by atoms with van der Waals surface area (Å²) in [6.45, 7) is 5.57. The van der Waals surface area contributed by atoms with E-state index in [1.165, 1.54) is 6.08 Å². The van der Waals surface area contributed by atoms with Gasteiger partial charge in [-0.25, -0.2) is 4.79 Å². The van der Waals surface area contributed by atoms with E-state index in [1.807, 2.05) is 36.4 Å². The van der Waals surface area contributed by atoms with Crippen molar-refractivity contribution in [3.05, 3.63) is 11.8 Å². The van der Waals surface area contributed by atoms with Crippen LogP contribution in [0.25, 0.3) is 0 Å². The molecule has 0 aliphatic carbocycles. The van der Waals surface area contributed by atoms with Gasteiger partial charge in [0, 0.05) is 6.42 Å². The lowest BCUT2D eigenvalue weighted by atomic mass is 10.1. The molecule has 0 saturated carbocycles. The fourth-order valence-electron chi connectivity index (χ4n) is 0.940. The molecule has 0 aliphatic heterocycles. The number of carbonyl (C=O) groups excluding carboxylic acids is 2. The first-order chi connectivity index (χ1) is 7.01. The summed E-state index contributed by atoms with van der Waals surface area (Å²) in [5.74, 6) is -0.392. The molecule has 0 bridgehead atoms. The minimum atomic E-state index is -0.496. The Morgan fingerprint density at radius 3 is 2.47 bits per heavy atom. The summed E-state index contributed by atoms with van der Waals surface area (Å²) in [4.78, 5) is 22.7. The monoisotopic (exact) mass is 325 g/mol. The van der Waals surface area contributed by atoms with Crippen molar-refractivity contribution in [2.45, 2.75) is 27.2 Å². The molecule has 0 aromatic carbocycles. The minimum Gasteiger partial charge on any atom is -0.450 e. The van der Waals surface area contributed by atoms with Gasteiger partial charge < -0.3 is 10.1 Å². The smallest absolute Gasteiger partial charge is 0.355 e. The number of hydrogen-bond acceptors (Lipinski definition) is 3. The molecule has 15 heavy (non-hydrogen) atoms. The van der Waals surface area contributed by atoms with Gasteiger partial charge in [-0.2, -0.15) is 0 Å². The van der Waals surface area contributed by atoms with Crippen LogP contribution in [-0.4, -0.2) is 16.5 Å². The van der Waals surface area contributed by atoms with Crippen LogP contribution in [0, 0.1) is 5.92 Å². The number of alkyl halides is 1. The Balaban J connectivity index is 4.23. The normalized spacial score (nSPS) is 11.4. The lowest BCUT2D eigenvalue weighted by molar-refractivity contribution is -0.138. The summed E-state index contributed by atoms with van der Waals surface area (Å²) in [5, 5.41) is 2.53. The van der Waals surface area contributed by atoms with Crippen LogP contribution in [0.15, 0.2) is 11.8 Å². The second-order valence-electron chi connectivity index (χ2n) is 3.39. The summed E-state index contributed by atoms with van der Waals surface area (Å²) < 4.78 is 5.04. The number of hydrogen-bond donors (Lipinski definition) is 1. The summed E-state index contributed by atoms with van der Waals surface area (Å²) in [7, 11) is 0. The van der Waals surface area contributed by atoms with Gasteiger partial charge in [-0.1, -0.05) is 19.9 Å². The van der Waals surface area contributed by atoms with E-state index < -0.39 is 5.97 Å². The van der Waals surface area contributed by atoms with Crippen molar-refractivity contribution in [1.29, 1.82) is 0 Å². The van der Waals surface area contributed by atoms with Crippen molar-refractivity contribution in [2.24, 2.45) is 5.92 Å². The Bertz CT molecular complexity index is 261. The van der Waals surface area contributed by atoms with Crippen molar-refractivity contribution >= 4 is 34.5 Å². The van der Waals surface area contributed by atoms with Crippen LogP contribution in [0.2, 0.25) is 0 Å². The molecule has 0 spiro atoms. The van der Waals surface area contributed by atoms with Crippen LogP contribution in [0.3, 0.4) is 0 Å². The highest BCUT2D eigenvalue weighted by molar-refractivity contribution is 14.1. The Hall–Kier alpha value is -0.590. The molecule has 0 fully saturated rings. The zero-order valence-electron chi connectivity index (χ0n) is 9.17. The van der Waals surface area contributed by atoms with Crippen LogP contribution in [0.1, 0.15) is 27.2 Å². The predicted molar refractivity (Wildman–Crippen MR) is 66.3 cm³/mol. The molecule has 86 valence electrons. The Labute approximate surface area is 104 Å². The zero-order valence-corrected chi connectivity index (χ0v) is 11.3. The molecule has 0 aliphatic rings. The number of halogens is 1. The molecule has 0 aromatic rings. The average molecular weight is 325 g/mol. The standard InChI is InChI=1S/C10H16INO3/c1-4-8(10(14)15-6-11)12-9(13)5-7(2)3/h4,7H,5-6H2,1-3H3,(H,12,13). The van der Waals surface area contributed by atoms with Crippen LogP contribution < -0.4 is 5.32 Å². The van der Waals surface area contributed by atoms with Gasteiger partial charge >= 0.3 is 5.97 Å². The van der Waals surface area contributed by atoms with Gasteiger partial charge in [0.05, 0.1) is 0 Å². The molecule has 0 radical (unpaired) electrons. The number of nitrogens with one attached hydrogen (secondary N) is 1. The first kappa shape index (κ1) is 14.4. The van der Waals surface area contributed by atoms with E-state index in [2.05, 4.69) is 5.32 Å². The van der Waals surface area contributed by atoms with Gasteiger partial charge in [0.2, 0.25) is 5.91 Å². The summed E-state index contributed by atoms with van der Waals surface area (Å²) in [6, 6.07) is 0. The molecule has 0 rings (SSSR count). The highest BCUT2D eigenvalue weighted by atomic mass is 127. The van der Waals surface area contributed by atoms with Crippen molar-refractivity contribution in [3.63, 3.8) is 0 Å². The first-order valence-electron chi connectivity index (χ1n) is 4.70. The molecule has 0 atom stereocenters. The Morgan fingerprint density at radius 2 is 2.07 bits per heavy atom. The number of rotatable bonds is 5. The predicted octanol–water partition coefficient (Wildman–Crippen LogP) is 1.99. The van der Waals surface area contributed by atoms with Crippen molar-refractivity contribution < 1.29 is 14.3 Å². The van der Waals surface area contributed by atoms with Crippen molar-refractivity contribution in [2.75, 3.05) is 4.61 Å². The molecule has 0 aromatic heterocycles. The largest absolute Gasteiger partial charge is 0.450 e. The van der Waals surface area contributed by atoms with Crippen molar-refractivity contribution in [3.8, 4) is 0 Å². The van der Waals surface area contributed by atoms with Gasteiger partial charge in [-0.05, 0) is 35.4 Å². The summed E-state index contributed by atoms with van der Waals surface area (Å²) in [6.07, 6.45) is 1.93. The maximum Gasteiger partial charge on any atom is 0.355 e. The minimum absolute atomic E-state index is 0.163. The van der Waals surface area contributed by atoms with Gasteiger partial charge in [0.1, 0.15) is 10.3 Å². The lowest BCUT2D eigenvalue weighted by Gasteiger charge is -2.09. The second-order valence-corrected chi connectivity index (χ2v) is 4.01. The van der Waals surface area contributed by atoms with E-state index in [4.69, 9.17) is 4.74 Å². The molecule has 1 N–H and O–H groups in total. The Kier molecular flexibility index (Phi) is 7.37. The molecule has 0 saturated heterocycles. The number of ether oxygens (including phenoxy) is 1. The third-order valence-corrected chi connectivity index (χ3v) is 1.87. The van der Waals surface area contributed by atoms with Crippen LogP contribution in [0.5, 0.6) is 0 Å². The molecular weight excluding hydrogens is 309 g/mol. The fraction of sp³-hybridized carbons (Fsp3) is 0.600. The SMILES string of the molecule is CC=C(NC(=O)CC(C)C)C(=O)OCI. The molecule has 5 heteroatoms. The summed E-state index contributed by atoms with van der Waals surface area (Å²) in [5.41, 5.74) is 0.206. The van der Waals surface area contributed by atoms with Crippen LogP contribution in [-0.2, 0) is 14.3 Å². The highest BCUT2D eigenvalue weighted by Gasteiger charge is 2.13. The number of amides is 1.